The van der Waals surface area contributed by atoms with Crippen LogP contribution in [0.25, 0.3) is 11.1 Å². The molecule has 1 aliphatic carbocycles. The van der Waals surface area contributed by atoms with Gasteiger partial charge in [0.25, 0.3) is 5.91 Å². The fraction of sp³-hybridized carbons (Fsp3) is 0.500. The Balaban J connectivity index is 1.41. The van der Waals surface area contributed by atoms with E-state index in [4.69, 9.17) is 8.94 Å². The molecule has 0 N–H and O–H groups in total. The zero-order valence-electron chi connectivity index (χ0n) is 16.2. The first kappa shape index (κ1) is 17.5. The molecule has 2 aliphatic rings. The second-order valence-corrected chi connectivity index (χ2v) is 8.09. The molecule has 28 heavy (non-hydrogen) atoms. The van der Waals surface area contributed by atoms with Crippen molar-refractivity contribution < 1.29 is 13.7 Å². The van der Waals surface area contributed by atoms with Crippen molar-refractivity contribution >= 4 is 17.0 Å². The van der Waals surface area contributed by atoms with Gasteiger partial charge in [-0.1, -0.05) is 24.4 Å². The standard InChI is InChI=1S/C22H25N3O3/c1-14-12-18(24-28-14)19-8-5-11-25(19)22(26)16-9-10-17-20(13-16)27-21(23-17)15-6-3-2-4-7-15/h9-10,12-13,15,19H,2-8,11H2,1H3. The van der Waals surface area contributed by atoms with Crippen LogP contribution in [0.15, 0.2) is 33.2 Å². The summed E-state index contributed by atoms with van der Waals surface area (Å²) in [6.07, 6.45) is 7.95. The quantitative estimate of drug-likeness (QED) is 0.629. The summed E-state index contributed by atoms with van der Waals surface area (Å²) in [5.74, 6) is 2.03. The monoisotopic (exact) mass is 379 g/mol. The van der Waals surface area contributed by atoms with Gasteiger partial charge in [0.1, 0.15) is 17.0 Å². The molecule has 2 fully saturated rings. The van der Waals surface area contributed by atoms with Crippen LogP contribution < -0.4 is 0 Å². The van der Waals surface area contributed by atoms with Gasteiger partial charge in [-0.25, -0.2) is 4.98 Å². The fourth-order valence-electron chi connectivity index (χ4n) is 4.63. The van der Waals surface area contributed by atoms with Crippen molar-refractivity contribution in [1.82, 2.24) is 15.0 Å². The van der Waals surface area contributed by atoms with E-state index in [0.29, 0.717) is 17.1 Å². The minimum atomic E-state index is -0.0202. The minimum absolute atomic E-state index is 0.0145. The Hall–Kier alpha value is -2.63. The Morgan fingerprint density at radius 1 is 1.11 bits per heavy atom. The maximum atomic E-state index is 13.2. The topological polar surface area (TPSA) is 72.4 Å². The number of carbonyl (C=O) groups is 1. The van der Waals surface area contributed by atoms with E-state index in [0.717, 1.165) is 55.1 Å². The summed E-state index contributed by atoms with van der Waals surface area (Å²) in [4.78, 5) is 19.8. The Bertz CT molecular complexity index is 1000. The molecular formula is C22H25N3O3. The Labute approximate surface area is 163 Å². The molecule has 1 aromatic carbocycles. The van der Waals surface area contributed by atoms with Gasteiger partial charge in [-0.05, 0) is 50.8 Å². The molecule has 0 bridgehead atoms. The lowest BCUT2D eigenvalue weighted by Crippen LogP contribution is -2.30. The van der Waals surface area contributed by atoms with Crippen LogP contribution in [0, 0.1) is 6.92 Å². The molecule has 1 saturated heterocycles. The number of likely N-dealkylation sites (tertiary alicyclic amines) is 1. The first-order valence-corrected chi connectivity index (χ1v) is 10.3. The number of nitrogens with zero attached hydrogens (tertiary/aromatic N) is 3. The number of rotatable bonds is 3. The smallest absolute Gasteiger partial charge is 0.254 e. The van der Waals surface area contributed by atoms with Crippen LogP contribution in [0.4, 0.5) is 0 Å². The third kappa shape index (κ3) is 3.11. The SMILES string of the molecule is Cc1cc(C2CCCN2C(=O)c2ccc3nc(C4CCCCC4)oc3c2)no1. The van der Waals surface area contributed by atoms with Crippen molar-refractivity contribution in [3.63, 3.8) is 0 Å². The molecule has 3 aromatic rings. The van der Waals surface area contributed by atoms with Crippen molar-refractivity contribution in [3.8, 4) is 0 Å². The molecule has 2 aromatic heterocycles. The highest BCUT2D eigenvalue weighted by Crippen LogP contribution is 2.35. The molecule has 6 nitrogen and oxygen atoms in total. The fourth-order valence-corrected chi connectivity index (χ4v) is 4.63. The van der Waals surface area contributed by atoms with Gasteiger partial charge in [0, 0.05) is 24.1 Å². The number of fused-ring (bicyclic) bond motifs is 1. The number of aryl methyl sites for hydroxylation is 1. The van der Waals surface area contributed by atoms with Crippen LogP contribution in [-0.2, 0) is 0 Å². The van der Waals surface area contributed by atoms with Crippen LogP contribution >= 0.6 is 0 Å². The zero-order valence-corrected chi connectivity index (χ0v) is 16.2. The summed E-state index contributed by atoms with van der Waals surface area (Å²) in [5.41, 5.74) is 3.02. The number of hydrogen-bond acceptors (Lipinski definition) is 5. The van der Waals surface area contributed by atoms with Crippen molar-refractivity contribution in [3.05, 3.63) is 47.2 Å². The maximum Gasteiger partial charge on any atom is 0.254 e. The summed E-state index contributed by atoms with van der Waals surface area (Å²) < 4.78 is 11.3. The molecule has 1 unspecified atom stereocenters. The summed E-state index contributed by atoms with van der Waals surface area (Å²) in [6.45, 7) is 2.61. The van der Waals surface area contributed by atoms with Crippen LogP contribution in [0.2, 0.25) is 0 Å². The van der Waals surface area contributed by atoms with Crippen molar-refractivity contribution in [2.75, 3.05) is 6.54 Å². The predicted molar refractivity (Wildman–Crippen MR) is 104 cm³/mol. The molecule has 0 radical (unpaired) electrons. The number of oxazole rings is 1. The van der Waals surface area contributed by atoms with E-state index in [-0.39, 0.29) is 11.9 Å². The van der Waals surface area contributed by atoms with Gasteiger partial charge in [0.05, 0.1) is 6.04 Å². The number of amides is 1. The van der Waals surface area contributed by atoms with Crippen LogP contribution in [0.1, 0.15) is 84.6 Å². The van der Waals surface area contributed by atoms with Gasteiger partial charge in [-0.15, -0.1) is 0 Å². The zero-order chi connectivity index (χ0) is 19.1. The number of benzene rings is 1. The van der Waals surface area contributed by atoms with Gasteiger partial charge in [0.15, 0.2) is 11.5 Å². The Morgan fingerprint density at radius 3 is 2.75 bits per heavy atom. The Kier molecular flexibility index (Phi) is 4.41. The molecule has 1 saturated carbocycles. The second-order valence-electron chi connectivity index (χ2n) is 8.09. The van der Waals surface area contributed by atoms with Gasteiger partial charge in [0.2, 0.25) is 0 Å². The summed E-state index contributed by atoms with van der Waals surface area (Å²) in [6, 6.07) is 7.52. The molecule has 146 valence electrons. The average Bonchev–Trinajstić information content (AvgIpc) is 3.46. The third-order valence-corrected chi connectivity index (χ3v) is 6.11. The molecule has 3 heterocycles. The van der Waals surface area contributed by atoms with E-state index >= 15 is 0 Å². The highest BCUT2D eigenvalue weighted by Gasteiger charge is 2.33. The van der Waals surface area contributed by atoms with E-state index in [1.165, 1.54) is 19.3 Å². The van der Waals surface area contributed by atoms with Crippen LogP contribution in [-0.4, -0.2) is 27.5 Å². The second kappa shape index (κ2) is 7.08. The summed E-state index contributed by atoms with van der Waals surface area (Å²) in [7, 11) is 0. The van der Waals surface area contributed by atoms with E-state index in [1.807, 2.05) is 36.1 Å². The molecule has 1 aliphatic heterocycles. The predicted octanol–water partition coefficient (Wildman–Crippen LogP) is 5.15. The normalized spacial score (nSPS) is 20.9. The average molecular weight is 379 g/mol. The van der Waals surface area contributed by atoms with E-state index in [2.05, 4.69) is 10.1 Å². The van der Waals surface area contributed by atoms with Crippen molar-refractivity contribution in [1.29, 1.82) is 0 Å². The first-order chi connectivity index (χ1) is 13.7. The van der Waals surface area contributed by atoms with Gasteiger partial charge in [-0.2, -0.15) is 0 Å². The summed E-state index contributed by atoms with van der Waals surface area (Å²) >= 11 is 0. The lowest BCUT2D eigenvalue weighted by atomic mass is 9.89. The van der Waals surface area contributed by atoms with Crippen LogP contribution in [0.3, 0.4) is 0 Å². The lowest BCUT2D eigenvalue weighted by Gasteiger charge is -2.23. The van der Waals surface area contributed by atoms with Gasteiger partial charge >= 0.3 is 0 Å². The maximum absolute atomic E-state index is 13.2. The van der Waals surface area contributed by atoms with E-state index in [1.54, 1.807) is 0 Å². The van der Waals surface area contributed by atoms with Gasteiger partial charge in [-0.3, -0.25) is 4.79 Å². The molecule has 6 heteroatoms. The first-order valence-electron chi connectivity index (χ1n) is 10.3. The molecular weight excluding hydrogens is 354 g/mol. The number of aromatic nitrogens is 2. The molecule has 1 amide bonds. The largest absolute Gasteiger partial charge is 0.440 e. The Morgan fingerprint density at radius 2 is 1.96 bits per heavy atom. The van der Waals surface area contributed by atoms with Crippen molar-refractivity contribution in [2.24, 2.45) is 0 Å². The number of carbonyl (C=O) groups excluding carboxylic acids is 1. The van der Waals surface area contributed by atoms with Crippen molar-refractivity contribution in [2.45, 2.75) is 63.8 Å². The van der Waals surface area contributed by atoms with E-state index in [9.17, 15) is 4.79 Å². The molecule has 0 spiro atoms. The van der Waals surface area contributed by atoms with Crippen LogP contribution in [0.5, 0.6) is 0 Å². The highest BCUT2D eigenvalue weighted by atomic mass is 16.5. The number of hydrogen-bond donors (Lipinski definition) is 0. The molecule has 1 atom stereocenters. The van der Waals surface area contributed by atoms with Gasteiger partial charge < -0.3 is 13.8 Å². The third-order valence-electron chi connectivity index (χ3n) is 6.11. The molecule has 5 rings (SSSR count). The minimum Gasteiger partial charge on any atom is -0.440 e. The summed E-state index contributed by atoms with van der Waals surface area (Å²) in [5, 5.41) is 4.13. The highest BCUT2D eigenvalue weighted by molar-refractivity contribution is 5.97. The lowest BCUT2D eigenvalue weighted by molar-refractivity contribution is 0.0731. The van der Waals surface area contributed by atoms with E-state index < -0.39 is 0 Å².